The van der Waals surface area contributed by atoms with E-state index in [0.29, 0.717) is 19.3 Å². The summed E-state index contributed by atoms with van der Waals surface area (Å²) in [7, 11) is 0. The van der Waals surface area contributed by atoms with Gasteiger partial charge in [0, 0.05) is 0 Å². The molecule has 1 atom stereocenters. The minimum Gasteiger partial charge on any atom is -0.462 e. The van der Waals surface area contributed by atoms with E-state index in [0.717, 1.165) is 19.3 Å². The van der Waals surface area contributed by atoms with Gasteiger partial charge in [-0.25, -0.2) is 19.4 Å². The minimum atomic E-state index is -2.51. The lowest BCUT2D eigenvalue weighted by Crippen LogP contribution is -2.49. The predicted octanol–water partition coefficient (Wildman–Crippen LogP) is 1.45. The summed E-state index contributed by atoms with van der Waals surface area (Å²) in [4.78, 5) is 41.3. The lowest BCUT2D eigenvalue weighted by molar-refractivity contribution is -0.144. The maximum atomic E-state index is 12.6. The van der Waals surface area contributed by atoms with Crippen molar-refractivity contribution in [2.75, 3.05) is 26.4 Å². The predicted molar refractivity (Wildman–Crippen MR) is 104 cm³/mol. The standard InChI is InChI=1S/C20H31NO8/c1-4-7-10-27-17(23)14-15(18(24)28-11-8-5-2)21-16(20(14,26)13-22)19(25)29-12-9-6-3/h22,26H,4-13H2,1-3H3. The lowest BCUT2D eigenvalue weighted by atomic mass is 9.90. The largest absolute Gasteiger partial charge is 0.462 e. The van der Waals surface area contributed by atoms with Crippen molar-refractivity contribution < 1.29 is 38.8 Å². The fourth-order valence-corrected chi connectivity index (χ4v) is 2.49. The second-order valence-corrected chi connectivity index (χ2v) is 6.67. The fourth-order valence-electron chi connectivity index (χ4n) is 2.49. The van der Waals surface area contributed by atoms with Crippen molar-refractivity contribution in [1.82, 2.24) is 0 Å². The molecule has 0 aromatic rings. The molecular formula is C20H31NO8. The lowest BCUT2D eigenvalue weighted by Gasteiger charge is -2.24. The molecule has 1 aliphatic heterocycles. The van der Waals surface area contributed by atoms with Crippen molar-refractivity contribution in [3.05, 3.63) is 11.3 Å². The van der Waals surface area contributed by atoms with Gasteiger partial charge in [-0.15, -0.1) is 0 Å². The summed E-state index contributed by atoms with van der Waals surface area (Å²) in [5.74, 6) is -3.05. The zero-order valence-corrected chi connectivity index (χ0v) is 17.4. The van der Waals surface area contributed by atoms with Gasteiger partial charge in [-0.05, 0) is 19.3 Å². The van der Waals surface area contributed by atoms with Crippen molar-refractivity contribution in [2.45, 2.75) is 64.9 Å². The normalized spacial score (nSPS) is 18.4. The molecular weight excluding hydrogens is 382 g/mol. The van der Waals surface area contributed by atoms with Crippen LogP contribution in [0, 0.1) is 0 Å². The van der Waals surface area contributed by atoms with E-state index in [2.05, 4.69) is 4.99 Å². The smallest absolute Gasteiger partial charge is 0.357 e. The molecule has 0 bridgehead atoms. The number of carbonyl (C=O) groups excluding carboxylic acids is 3. The van der Waals surface area contributed by atoms with E-state index in [4.69, 9.17) is 14.2 Å². The van der Waals surface area contributed by atoms with Crippen LogP contribution in [0.5, 0.6) is 0 Å². The maximum Gasteiger partial charge on any atom is 0.357 e. The van der Waals surface area contributed by atoms with Gasteiger partial charge in [-0.1, -0.05) is 40.0 Å². The summed E-state index contributed by atoms with van der Waals surface area (Å²) in [5, 5.41) is 20.7. The van der Waals surface area contributed by atoms with Crippen molar-refractivity contribution >= 4 is 23.6 Å². The molecule has 0 aliphatic carbocycles. The Labute approximate surface area is 170 Å². The Morgan fingerprint density at radius 2 is 1.28 bits per heavy atom. The van der Waals surface area contributed by atoms with Gasteiger partial charge >= 0.3 is 17.9 Å². The molecule has 0 saturated carbocycles. The number of rotatable bonds is 13. The summed E-state index contributed by atoms with van der Waals surface area (Å²) >= 11 is 0. The van der Waals surface area contributed by atoms with Gasteiger partial charge in [0.1, 0.15) is 5.57 Å². The average molecular weight is 413 g/mol. The summed E-state index contributed by atoms with van der Waals surface area (Å²) in [6.45, 7) is 4.86. The molecule has 0 saturated heterocycles. The second-order valence-electron chi connectivity index (χ2n) is 6.67. The van der Waals surface area contributed by atoms with Crippen LogP contribution in [0.25, 0.3) is 0 Å². The molecule has 1 heterocycles. The van der Waals surface area contributed by atoms with Gasteiger partial charge < -0.3 is 24.4 Å². The number of aliphatic imine (C=N–C) groups is 1. The Balaban J connectivity index is 3.22. The van der Waals surface area contributed by atoms with Crippen LogP contribution in [0.3, 0.4) is 0 Å². The number of hydrogen-bond donors (Lipinski definition) is 2. The molecule has 1 aliphatic rings. The molecule has 9 heteroatoms. The van der Waals surface area contributed by atoms with Gasteiger partial charge in [0.25, 0.3) is 0 Å². The van der Waals surface area contributed by atoms with Gasteiger partial charge in [0.05, 0.1) is 26.4 Å². The van der Waals surface area contributed by atoms with Gasteiger partial charge in [-0.3, -0.25) is 0 Å². The molecule has 0 spiro atoms. The first-order valence-corrected chi connectivity index (χ1v) is 10.1. The third-order valence-corrected chi connectivity index (χ3v) is 4.28. The van der Waals surface area contributed by atoms with Gasteiger partial charge in [-0.2, -0.15) is 0 Å². The van der Waals surface area contributed by atoms with E-state index in [1.165, 1.54) is 0 Å². The van der Waals surface area contributed by atoms with Crippen LogP contribution >= 0.6 is 0 Å². The molecule has 2 N–H and O–H groups in total. The monoisotopic (exact) mass is 413 g/mol. The van der Waals surface area contributed by atoms with Crippen LogP contribution in [0.1, 0.15) is 59.3 Å². The summed E-state index contributed by atoms with van der Waals surface area (Å²) in [6, 6.07) is 0. The maximum absolute atomic E-state index is 12.6. The van der Waals surface area contributed by atoms with Crippen LogP contribution in [-0.4, -0.2) is 65.9 Å². The first-order chi connectivity index (χ1) is 13.9. The fraction of sp³-hybridized carbons (Fsp3) is 0.700. The Morgan fingerprint density at radius 3 is 1.72 bits per heavy atom. The highest BCUT2D eigenvalue weighted by atomic mass is 16.5. The molecule has 164 valence electrons. The number of nitrogens with zero attached hydrogens (tertiary/aromatic N) is 1. The molecule has 0 fully saturated rings. The summed E-state index contributed by atoms with van der Waals surface area (Å²) in [5.41, 5.74) is -4.31. The molecule has 0 aromatic heterocycles. The number of hydrogen-bond acceptors (Lipinski definition) is 9. The molecule has 9 nitrogen and oxygen atoms in total. The van der Waals surface area contributed by atoms with Crippen LogP contribution in [0.2, 0.25) is 0 Å². The number of aliphatic hydroxyl groups excluding tert-OH is 1. The third-order valence-electron chi connectivity index (χ3n) is 4.28. The average Bonchev–Trinajstić information content (AvgIpc) is 3.02. The van der Waals surface area contributed by atoms with Gasteiger partial charge in [0.2, 0.25) is 0 Å². The van der Waals surface area contributed by atoms with Crippen LogP contribution in [-0.2, 0) is 28.6 Å². The number of carbonyl (C=O) groups is 3. The zero-order valence-electron chi connectivity index (χ0n) is 17.4. The SMILES string of the molecule is CCCCOC(=O)C1=NC(C(=O)OCCCC)=C(C(=O)OCCCC)C1(O)CO. The summed E-state index contributed by atoms with van der Waals surface area (Å²) in [6.07, 6.45) is 4.05. The zero-order chi connectivity index (χ0) is 21.9. The molecule has 29 heavy (non-hydrogen) atoms. The molecule has 1 rings (SSSR count). The van der Waals surface area contributed by atoms with E-state index in [9.17, 15) is 24.6 Å². The first-order valence-electron chi connectivity index (χ1n) is 10.1. The molecule has 0 aromatic carbocycles. The highest BCUT2D eigenvalue weighted by Crippen LogP contribution is 2.32. The number of aliphatic hydroxyl groups is 2. The van der Waals surface area contributed by atoms with Crippen molar-refractivity contribution in [1.29, 1.82) is 0 Å². The molecule has 0 amide bonds. The molecule has 0 radical (unpaired) electrons. The third kappa shape index (κ3) is 6.37. The van der Waals surface area contributed by atoms with Crippen LogP contribution in [0.15, 0.2) is 16.3 Å². The van der Waals surface area contributed by atoms with Crippen molar-refractivity contribution in [3.8, 4) is 0 Å². The highest BCUT2D eigenvalue weighted by molar-refractivity contribution is 6.43. The van der Waals surface area contributed by atoms with Crippen molar-refractivity contribution in [2.24, 2.45) is 4.99 Å². The van der Waals surface area contributed by atoms with Crippen LogP contribution < -0.4 is 0 Å². The topological polar surface area (TPSA) is 132 Å². The van der Waals surface area contributed by atoms with Gasteiger partial charge in [0.15, 0.2) is 17.0 Å². The van der Waals surface area contributed by atoms with Crippen molar-refractivity contribution in [3.63, 3.8) is 0 Å². The Hall–Kier alpha value is -2.26. The summed E-state index contributed by atoms with van der Waals surface area (Å²) < 4.78 is 15.2. The quantitative estimate of drug-likeness (QED) is 0.263. The first kappa shape index (κ1) is 24.8. The van der Waals surface area contributed by atoms with E-state index in [1.54, 1.807) is 0 Å². The van der Waals surface area contributed by atoms with E-state index in [-0.39, 0.29) is 19.8 Å². The van der Waals surface area contributed by atoms with E-state index in [1.807, 2.05) is 20.8 Å². The van der Waals surface area contributed by atoms with E-state index < -0.39 is 47.1 Å². The Morgan fingerprint density at radius 1 is 0.828 bits per heavy atom. The Bertz CT molecular complexity index is 655. The van der Waals surface area contributed by atoms with Crippen LogP contribution in [0.4, 0.5) is 0 Å². The van der Waals surface area contributed by atoms with E-state index >= 15 is 0 Å². The Kier molecular flexibility index (Phi) is 10.5. The second kappa shape index (κ2) is 12.3. The number of unbranched alkanes of at least 4 members (excludes halogenated alkanes) is 3. The molecule has 1 unspecified atom stereocenters. The number of esters is 3. The minimum absolute atomic E-state index is 0.0504. The highest BCUT2D eigenvalue weighted by Gasteiger charge is 2.53. The number of ether oxygens (including phenoxy) is 3.